The Kier molecular flexibility index (Phi) is 6.80. The van der Waals surface area contributed by atoms with Gasteiger partial charge in [0.2, 0.25) is 0 Å². The average molecular weight is 335 g/mol. The number of rotatable bonds is 6. The van der Waals surface area contributed by atoms with Gasteiger partial charge in [-0.3, -0.25) is 5.43 Å². The number of ether oxygens (including phenoxy) is 2. The highest BCUT2D eigenvalue weighted by Crippen LogP contribution is 2.21. The maximum absolute atomic E-state index is 5.34. The predicted molar refractivity (Wildman–Crippen MR) is 97.0 cm³/mol. The zero-order valence-electron chi connectivity index (χ0n) is 14.0. The highest BCUT2D eigenvalue weighted by Gasteiger charge is 2.15. The first-order chi connectivity index (χ1) is 11.1. The first kappa shape index (κ1) is 17.7. The van der Waals surface area contributed by atoms with Crippen molar-refractivity contribution >= 4 is 23.0 Å². The fraction of sp³-hybridized carbons (Fsp3) is 0.529. The van der Waals surface area contributed by atoms with Crippen LogP contribution in [0.4, 0.5) is 0 Å². The third kappa shape index (κ3) is 5.18. The van der Waals surface area contributed by atoms with Crippen molar-refractivity contribution in [1.29, 1.82) is 0 Å². The molecule has 1 aromatic rings. The minimum absolute atomic E-state index is 0.486. The molecular weight excluding hydrogens is 310 g/mol. The second-order valence-electron chi connectivity index (χ2n) is 5.72. The van der Waals surface area contributed by atoms with Gasteiger partial charge in [-0.25, -0.2) is 0 Å². The van der Waals surface area contributed by atoms with Crippen LogP contribution in [0.25, 0.3) is 0 Å². The lowest BCUT2D eigenvalue weighted by molar-refractivity contribution is 0.181. The molecule has 5 nitrogen and oxygen atoms in total. The second-order valence-corrected chi connectivity index (χ2v) is 6.13. The van der Waals surface area contributed by atoms with Gasteiger partial charge in [-0.2, -0.15) is 5.10 Å². The number of thiocarbonyl (C=S) groups is 1. The molecule has 126 valence electrons. The number of benzene rings is 1. The predicted octanol–water partition coefficient (Wildman–Crippen LogP) is 2.97. The molecule has 23 heavy (non-hydrogen) atoms. The summed E-state index contributed by atoms with van der Waals surface area (Å²) in [6.45, 7) is 2.45. The van der Waals surface area contributed by atoms with E-state index in [1.165, 1.54) is 25.7 Å². The maximum atomic E-state index is 5.34. The lowest BCUT2D eigenvalue weighted by Crippen LogP contribution is -2.38. The largest absolute Gasteiger partial charge is 0.496 e. The van der Waals surface area contributed by atoms with Crippen molar-refractivity contribution in [3.8, 4) is 5.75 Å². The Bertz CT molecular complexity index is 569. The van der Waals surface area contributed by atoms with Crippen molar-refractivity contribution < 1.29 is 9.47 Å². The molecule has 1 saturated carbocycles. The lowest BCUT2D eigenvalue weighted by Gasteiger charge is -2.14. The number of methoxy groups -OCH3 is 2. The number of hydrogen-bond donors (Lipinski definition) is 2. The highest BCUT2D eigenvalue weighted by atomic mass is 32.1. The number of nitrogens with zero attached hydrogens (tertiary/aromatic N) is 1. The Balaban J connectivity index is 1.99. The van der Waals surface area contributed by atoms with E-state index < -0.39 is 0 Å². The molecule has 0 bridgehead atoms. The van der Waals surface area contributed by atoms with Crippen LogP contribution in [-0.4, -0.2) is 31.1 Å². The van der Waals surface area contributed by atoms with Crippen LogP contribution < -0.4 is 15.5 Å². The monoisotopic (exact) mass is 335 g/mol. The summed E-state index contributed by atoms with van der Waals surface area (Å²) in [5.74, 6) is 0.815. The normalized spacial score (nSPS) is 15.5. The van der Waals surface area contributed by atoms with E-state index in [9.17, 15) is 0 Å². The van der Waals surface area contributed by atoms with Gasteiger partial charge in [-0.1, -0.05) is 12.8 Å². The van der Waals surface area contributed by atoms with Gasteiger partial charge >= 0.3 is 0 Å². The summed E-state index contributed by atoms with van der Waals surface area (Å²) < 4.78 is 10.6. The van der Waals surface area contributed by atoms with Crippen LogP contribution in [-0.2, 0) is 11.3 Å². The quantitative estimate of drug-likeness (QED) is 0.475. The average Bonchev–Trinajstić information content (AvgIpc) is 3.05. The van der Waals surface area contributed by atoms with Crippen LogP contribution in [0.3, 0.4) is 0 Å². The van der Waals surface area contributed by atoms with Gasteiger partial charge in [0.05, 0.1) is 19.4 Å². The van der Waals surface area contributed by atoms with E-state index in [4.69, 9.17) is 21.7 Å². The first-order valence-electron chi connectivity index (χ1n) is 7.91. The van der Waals surface area contributed by atoms with Gasteiger partial charge in [-0.15, -0.1) is 0 Å². The van der Waals surface area contributed by atoms with Crippen LogP contribution in [0.5, 0.6) is 5.75 Å². The summed E-state index contributed by atoms with van der Waals surface area (Å²) in [7, 11) is 3.32. The SMILES string of the molecule is COCc1cc(/C(C)=N\NC(=S)NC2CCCC2)ccc1OC. The van der Waals surface area contributed by atoms with Crippen molar-refractivity contribution in [2.75, 3.05) is 14.2 Å². The Hall–Kier alpha value is -1.66. The van der Waals surface area contributed by atoms with Gasteiger partial charge in [0.15, 0.2) is 5.11 Å². The molecule has 0 spiro atoms. The van der Waals surface area contributed by atoms with E-state index in [0.29, 0.717) is 17.8 Å². The molecule has 1 aliphatic rings. The third-order valence-corrected chi connectivity index (χ3v) is 4.22. The van der Waals surface area contributed by atoms with Crippen molar-refractivity contribution in [1.82, 2.24) is 10.7 Å². The molecule has 2 N–H and O–H groups in total. The van der Waals surface area contributed by atoms with Crippen molar-refractivity contribution in [2.24, 2.45) is 5.10 Å². The van der Waals surface area contributed by atoms with Crippen LogP contribution in [0.1, 0.15) is 43.7 Å². The summed E-state index contributed by atoms with van der Waals surface area (Å²) in [6.07, 6.45) is 4.92. The Labute approximate surface area is 143 Å². The first-order valence-corrected chi connectivity index (χ1v) is 8.32. The molecule has 1 fully saturated rings. The van der Waals surface area contributed by atoms with Crippen molar-refractivity contribution in [2.45, 2.75) is 45.3 Å². The lowest BCUT2D eigenvalue weighted by atomic mass is 10.1. The van der Waals surface area contributed by atoms with E-state index >= 15 is 0 Å². The van der Waals surface area contributed by atoms with Crippen LogP contribution in [0, 0.1) is 0 Å². The summed E-state index contributed by atoms with van der Waals surface area (Å²) in [5.41, 5.74) is 5.80. The third-order valence-electron chi connectivity index (χ3n) is 4.01. The zero-order valence-corrected chi connectivity index (χ0v) is 14.8. The van der Waals surface area contributed by atoms with E-state index in [0.717, 1.165) is 22.6 Å². The maximum Gasteiger partial charge on any atom is 0.187 e. The second kappa shape index (κ2) is 8.84. The van der Waals surface area contributed by atoms with E-state index in [2.05, 4.69) is 15.8 Å². The van der Waals surface area contributed by atoms with Gasteiger partial charge in [0.25, 0.3) is 0 Å². The van der Waals surface area contributed by atoms with E-state index in [1.807, 2.05) is 25.1 Å². The Morgan fingerprint density at radius 1 is 1.30 bits per heavy atom. The number of hydrazone groups is 1. The molecule has 0 atom stereocenters. The fourth-order valence-electron chi connectivity index (χ4n) is 2.76. The van der Waals surface area contributed by atoms with Crippen LogP contribution in [0.15, 0.2) is 23.3 Å². The van der Waals surface area contributed by atoms with Gasteiger partial charge in [0.1, 0.15) is 5.75 Å². The summed E-state index contributed by atoms with van der Waals surface area (Å²) >= 11 is 5.30. The molecule has 0 amide bonds. The molecule has 0 heterocycles. The minimum atomic E-state index is 0.486. The molecule has 1 aliphatic carbocycles. The summed E-state index contributed by atoms with van der Waals surface area (Å²) in [6, 6.07) is 6.42. The molecule has 0 saturated heterocycles. The Morgan fingerprint density at radius 3 is 2.70 bits per heavy atom. The van der Waals surface area contributed by atoms with Gasteiger partial charge < -0.3 is 14.8 Å². The molecule has 2 rings (SSSR count). The summed E-state index contributed by atoms with van der Waals surface area (Å²) in [4.78, 5) is 0. The Morgan fingerprint density at radius 2 is 2.04 bits per heavy atom. The topological polar surface area (TPSA) is 54.9 Å². The zero-order chi connectivity index (χ0) is 16.7. The van der Waals surface area contributed by atoms with Crippen molar-refractivity contribution in [3.63, 3.8) is 0 Å². The molecular formula is C17H25N3O2S. The fourth-order valence-corrected chi connectivity index (χ4v) is 2.97. The molecule has 1 aromatic carbocycles. The van der Waals surface area contributed by atoms with Gasteiger partial charge in [-0.05, 0) is 55.7 Å². The van der Waals surface area contributed by atoms with E-state index in [-0.39, 0.29) is 0 Å². The molecule has 0 aliphatic heterocycles. The standard InChI is InChI=1S/C17H25N3O2S/c1-12(19-20-17(23)18-15-6-4-5-7-15)13-8-9-16(22-3)14(10-13)11-21-2/h8-10,15H,4-7,11H2,1-3H3,(H2,18,20,23)/b19-12-. The molecule has 6 heteroatoms. The molecule has 0 radical (unpaired) electrons. The van der Waals surface area contributed by atoms with Gasteiger partial charge in [0, 0.05) is 18.7 Å². The minimum Gasteiger partial charge on any atom is -0.496 e. The van der Waals surface area contributed by atoms with E-state index in [1.54, 1.807) is 14.2 Å². The number of nitrogens with one attached hydrogen (secondary N) is 2. The smallest absolute Gasteiger partial charge is 0.187 e. The molecule has 0 unspecified atom stereocenters. The van der Waals surface area contributed by atoms with Crippen molar-refractivity contribution in [3.05, 3.63) is 29.3 Å². The number of hydrogen-bond acceptors (Lipinski definition) is 4. The van der Waals surface area contributed by atoms with Crippen LogP contribution in [0.2, 0.25) is 0 Å². The highest BCUT2D eigenvalue weighted by molar-refractivity contribution is 7.80. The van der Waals surface area contributed by atoms with Crippen LogP contribution >= 0.6 is 12.2 Å². The molecule has 0 aromatic heterocycles. The summed E-state index contributed by atoms with van der Waals surface area (Å²) in [5, 5.41) is 8.27.